The quantitative estimate of drug-likeness (QED) is 0.835. The van der Waals surface area contributed by atoms with Crippen LogP contribution in [0.1, 0.15) is 22.1 Å². The number of halogens is 1. The van der Waals surface area contributed by atoms with Crippen molar-refractivity contribution in [1.29, 1.82) is 0 Å². The maximum absolute atomic E-state index is 11.4. The highest BCUT2D eigenvalue weighted by Gasteiger charge is 2.14. The van der Waals surface area contributed by atoms with Gasteiger partial charge in [-0.3, -0.25) is 4.79 Å². The number of aryl methyl sites for hydroxylation is 2. The molecule has 0 aliphatic heterocycles. The maximum atomic E-state index is 11.4. The molecule has 0 atom stereocenters. The molecule has 76 valence electrons. The Kier molecular flexibility index (Phi) is 3.30. The van der Waals surface area contributed by atoms with Crippen molar-refractivity contribution in [3.05, 3.63) is 29.0 Å². The van der Waals surface area contributed by atoms with E-state index < -0.39 is 0 Å². The van der Waals surface area contributed by atoms with Gasteiger partial charge in [0.2, 0.25) is 5.76 Å². The second-order valence-corrected chi connectivity index (χ2v) is 3.38. The predicted molar refractivity (Wildman–Crippen MR) is 53.3 cm³/mol. The van der Waals surface area contributed by atoms with Crippen LogP contribution in [0.5, 0.6) is 0 Å². The molecule has 1 amide bonds. The molecule has 4 nitrogen and oxygen atoms in total. The lowest BCUT2D eigenvalue weighted by Crippen LogP contribution is -2.24. The summed E-state index contributed by atoms with van der Waals surface area (Å²) >= 11 is 5.50. The maximum Gasteiger partial charge on any atom is 0.289 e. The molecule has 1 aromatic rings. The first-order chi connectivity index (χ1) is 6.50. The molecule has 1 aromatic heterocycles. The van der Waals surface area contributed by atoms with Crippen molar-refractivity contribution < 1.29 is 9.21 Å². The summed E-state index contributed by atoms with van der Waals surface area (Å²) in [4.78, 5) is 15.4. The third-order valence-electron chi connectivity index (χ3n) is 1.55. The molecule has 0 aromatic carbocycles. The van der Waals surface area contributed by atoms with Gasteiger partial charge in [0, 0.05) is 12.0 Å². The van der Waals surface area contributed by atoms with Crippen LogP contribution in [0.2, 0.25) is 0 Å². The summed E-state index contributed by atoms with van der Waals surface area (Å²) in [6.07, 6.45) is 0. The van der Waals surface area contributed by atoms with Gasteiger partial charge in [-0.2, -0.15) is 0 Å². The van der Waals surface area contributed by atoms with Gasteiger partial charge in [0.05, 0.1) is 12.2 Å². The number of nitrogens with one attached hydrogen (secondary N) is 1. The number of nitrogens with zero attached hydrogens (tertiary/aromatic N) is 1. The second kappa shape index (κ2) is 4.28. The van der Waals surface area contributed by atoms with Crippen molar-refractivity contribution >= 4 is 17.5 Å². The van der Waals surface area contributed by atoms with Crippen LogP contribution < -0.4 is 5.32 Å². The van der Waals surface area contributed by atoms with E-state index in [1.807, 2.05) is 0 Å². The lowest BCUT2D eigenvalue weighted by Gasteiger charge is -2.00. The largest absolute Gasteiger partial charge is 0.436 e. The van der Waals surface area contributed by atoms with E-state index in [2.05, 4.69) is 16.9 Å². The monoisotopic (exact) mass is 214 g/mol. The van der Waals surface area contributed by atoms with E-state index in [0.717, 1.165) is 0 Å². The first kappa shape index (κ1) is 10.8. The SMILES string of the molecule is C=C(Cl)CNC(=O)c1oc(C)nc1C. The molecule has 0 aliphatic carbocycles. The van der Waals surface area contributed by atoms with E-state index in [9.17, 15) is 4.79 Å². The van der Waals surface area contributed by atoms with Gasteiger partial charge in [-0.25, -0.2) is 4.98 Å². The van der Waals surface area contributed by atoms with Crippen LogP contribution in [-0.2, 0) is 0 Å². The topological polar surface area (TPSA) is 55.1 Å². The minimum absolute atomic E-state index is 0.222. The van der Waals surface area contributed by atoms with Crippen LogP contribution in [0.25, 0.3) is 0 Å². The van der Waals surface area contributed by atoms with E-state index in [-0.39, 0.29) is 18.2 Å². The molecule has 0 bridgehead atoms. The van der Waals surface area contributed by atoms with Crippen LogP contribution in [-0.4, -0.2) is 17.4 Å². The standard InChI is InChI=1S/C9H11ClN2O2/c1-5(10)4-11-9(13)8-6(2)12-7(3)14-8/h1,4H2,2-3H3,(H,11,13). The van der Waals surface area contributed by atoms with Crippen molar-refractivity contribution in [2.75, 3.05) is 6.54 Å². The van der Waals surface area contributed by atoms with Crippen molar-refractivity contribution in [2.45, 2.75) is 13.8 Å². The second-order valence-electron chi connectivity index (χ2n) is 2.85. The van der Waals surface area contributed by atoms with Crippen LogP contribution in [0.4, 0.5) is 0 Å². The number of amides is 1. The Hall–Kier alpha value is -1.29. The fourth-order valence-electron chi connectivity index (χ4n) is 0.998. The molecular formula is C9H11ClN2O2. The summed E-state index contributed by atoms with van der Waals surface area (Å²) in [7, 11) is 0. The third kappa shape index (κ3) is 2.60. The Morgan fingerprint density at radius 3 is 2.71 bits per heavy atom. The van der Waals surface area contributed by atoms with E-state index in [1.54, 1.807) is 13.8 Å². The molecule has 0 spiro atoms. The van der Waals surface area contributed by atoms with Crippen molar-refractivity contribution in [1.82, 2.24) is 10.3 Å². The third-order valence-corrected chi connectivity index (χ3v) is 1.68. The number of hydrogen-bond donors (Lipinski definition) is 1. The molecule has 1 rings (SSSR count). The molecule has 0 unspecified atom stereocenters. The first-order valence-corrected chi connectivity index (χ1v) is 4.44. The van der Waals surface area contributed by atoms with E-state index in [0.29, 0.717) is 16.6 Å². The Bertz CT molecular complexity index is 371. The zero-order valence-corrected chi connectivity index (χ0v) is 8.81. The van der Waals surface area contributed by atoms with Gasteiger partial charge in [0.1, 0.15) is 0 Å². The van der Waals surface area contributed by atoms with E-state index >= 15 is 0 Å². The predicted octanol–water partition coefficient (Wildman–Crippen LogP) is 1.77. The zero-order valence-electron chi connectivity index (χ0n) is 8.06. The smallest absolute Gasteiger partial charge is 0.289 e. The van der Waals surface area contributed by atoms with Gasteiger partial charge >= 0.3 is 0 Å². The normalized spacial score (nSPS) is 9.93. The van der Waals surface area contributed by atoms with Crippen molar-refractivity contribution in [2.24, 2.45) is 0 Å². The van der Waals surface area contributed by atoms with Gasteiger partial charge in [-0.15, -0.1) is 0 Å². The minimum atomic E-state index is -0.329. The summed E-state index contributed by atoms with van der Waals surface area (Å²) in [5, 5.41) is 2.92. The summed E-state index contributed by atoms with van der Waals surface area (Å²) in [6.45, 7) is 7.07. The fourth-order valence-corrected chi connectivity index (χ4v) is 1.07. The molecular weight excluding hydrogens is 204 g/mol. The molecule has 14 heavy (non-hydrogen) atoms. The highest BCUT2D eigenvalue weighted by Crippen LogP contribution is 2.08. The summed E-state index contributed by atoms with van der Waals surface area (Å²) < 4.78 is 5.11. The molecule has 0 saturated heterocycles. The number of carbonyl (C=O) groups excluding carboxylic acids is 1. The zero-order chi connectivity index (χ0) is 10.7. The number of oxazole rings is 1. The van der Waals surface area contributed by atoms with Crippen molar-refractivity contribution in [3.8, 4) is 0 Å². The summed E-state index contributed by atoms with van der Waals surface area (Å²) in [6, 6.07) is 0. The Morgan fingerprint density at radius 2 is 2.29 bits per heavy atom. The average molecular weight is 215 g/mol. The van der Waals surface area contributed by atoms with Crippen LogP contribution >= 0.6 is 11.6 Å². The fraction of sp³-hybridized carbons (Fsp3) is 0.333. The lowest BCUT2D eigenvalue weighted by atomic mass is 10.3. The number of hydrogen-bond acceptors (Lipinski definition) is 3. The van der Waals surface area contributed by atoms with Gasteiger partial charge in [-0.05, 0) is 6.92 Å². The van der Waals surface area contributed by atoms with Gasteiger partial charge < -0.3 is 9.73 Å². The molecule has 0 aliphatic rings. The molecule has 5 heteroatoms. The van der Waals surface area contributed by atoms with Crippen LogP contribution in [0, 0.1) is 13.8 Å². The molecule has 1 heterocycles. The number of rotatable bonds is 3. The van der Waals surface area contributed by atoms with Crippen LogP contribution in [0.15, 0.2) is 16.0 Å². The molecule has 1 N–H and O–H groups in total. The van der Waals surface area contributed by atoms with Gasteiger partial charge in [0.15, 0.2) is 5.89 Å². The van der Waals surface area contributed by atoms with Gasteiger partial charge in [-0.1, -0.05) is 18.2 Å². The summed E-state index contributed by atoms with van der Waals surface area (Å²) in [5.41, 5.74) is 0.570. The number of aromatic nitrogens is 1. The van der Waals surface area contributed by atoms with Crippen LogP contribution in [0.3, 0.4) is 0 Å². The highest BCUT2D eigenvalue weighted by atomic mass is 35.5. The average Bonchev–Trinajstić information content (AvgIpc) is 2.41. The Labute approximate surface area is 87.0 Å². The first-order valence-electron chi connectivity index (χ1n) is 4.06. The molecule has 0 radical (unpaired) electrons. The Morgan fingerprint density at radius 1 is 1.64 bits per heavy atom. The Balaban J connectivity index is 2.69. The molecule has 0 saturated carbocycles. The summed E-state index contributed by atoms with van der Waals surface area (Å²) in [5.74, 6) is 0.364. The van der Waals surface area contributed by atoms with E-state index in [1.165, 1.54) is 0 Å². The lowest BCUT2D eigenvalue weighted by molar-refractivity contribution is 0.0928. The molecule has 0 fully saturated rings. The number of carbonyl (C=O) groups is 1. The minimum Gasteiger partial charge on any atom is -0.436 e. The van der Waals surface area contributed by atoms with E-state index in [4.69, 9.17) is 16.0 Å². The van der Waals surface area contributed by atoms with Crippen molar-refractivity contribution in [3.63, 3.8) is 0 Å². The van der Waals surface area contributed by atoms with Gasteiger partial charge in [0.25, 0.3) is 5.91 Å². The highest BCUT2D eigenvalue weighted by molar-refractivity contribution is 6.29.